The van der Waals surface area contributed by atoms with E-state index in [4.69, 9.17) is 25.2 Å². The smallest absolute Gasteiger partial charge is 0.261 e. The quantitative estimate of drug-likeness (QED) is 0.360. The summed E-state index contributed by atoms with van der Waals surface area (Å²) in [5.41, 5.74) is 9.98. The third-order valence-corrected chi connectivity index (χ3v) is 5.48. The summed E-state index contributed by atoms with van der Waals surface area (Å²) >= 11 is 0. The van der Waals surface area contributed by atoms with E-state index in [0.29, 0.717) is 44.9 Å². The minimum absolute atomic E-state index is 0.113. The standard InChI is InChI=1S/C26H22N6O3/c1-34-20-14-8-9-16(23(20)35-2)15-28-32-24(27)21(26(33)29-17-10-4-3-5-11-17)22-25(32)31-19-13-7-6-12-18(19)30-22/h3-15H,27H2,1-2H3,(H,29,33)/b28-15-. The average Bonchev–Trinajstić information content (AvgIpc) is 3.16. The summed E-state index contributed by atoms with van der Waals surface area (Å²) in [7, 11) is 3.12. The first-order valence-electron chi connectivity index (χ1n) is 10.8. The Morgan fingerprint density at radius 2 is 1.66 bits per heavy atom. The SMILES string of the molecule is COc1cccc(/C=N\n2c(N)c(C(=O)Nc3ccccc3)c3nc4ccccc4nc32)c1OC. The van der Waals surface area contributed by atoms with Gasteiger partial charge in [-0.2, -0.15) is 9.78 Å². The van der Waals surface area contributed by atoms with Gasteiger partial charge in [0.1, 0.15) is 16.9 Å². The molecule has 0 bridgehead atoms. The second-order valence-corrected chi connectivity index (χ2v) is 7.60. The summed E-state index contributed by atoms with van der Waals surface area (Å²) in [6.07, 6.45) is 1.58. The van der Waals surface area contributed by atoms with Gasteiger partial charge in [-0.1, -0.05) is 36.4 Å². The van der Waals surface area contributed by atoms with E-state index in [9.17, 15) is 4.79 Å². The van der Waals surface area contributed by atoms with Crippen LogP contribution in [0, 0.1) is 0 Å². The van der Waals surface area contributed by atoms with Crippen molar-refractivity contribution >= 4 is 45.8 Å². The van der Waals surface area contributed by atoms with Gasteiger partial charge in [-0.3, -0.25) is 4.79 Å². The van der Waals surface area contributed by atoms with Crippen LogP contribution in [0.25, 0.3) is 22.2 Å². The third kappa shape index (κ3) is 3.99. The number of para-hydroxylation sites is 4. The molecule has 9 heteroatoms. The predicted molar refractivity (Wildman–Crippen MR) is 136 cm³/mol. The molecule has 5 rings (SSSR count). The first-order chi connectivity index (χ1) is 17.1. The van der Waals surface area contributed by atoms with Crippen molar-refractivity contribution < 1.29 is 14.3 Å². The van der Waals surface area contributed by atoms with Crippen LogP contribution in [0.4, 0.5) is 11.5 Å². The Hall–Kier alpha value is -4.92. The molecule has 9 nitrogen and oxygen atoms in total. The van der Waals surface area contributed by atoms with Gasteiger partial charge in [0.2, 0.25) is 0 Å². The van der Waals surface area contributed by atoms with Gasteiger partial charge >= 0.3 is 0 Å². The molecule has 0 aliphatic carbocycles. The van der Waals surface area contributed by atoms with Crippen molar-refractivity contribution in [2.24, 2.45) is 5.10 Å². The summed E-state index contributed by atoms with van der Waals surface area (Å²) in [5.74, 6) is 0.793. The fourth-order valence-corrected chi connectivity index (χ4v) is 3.84. The van der Waals surface area contributed by atoms with Gasteiger partial charge in [-0.25, -0.2) is 9.97 Å². The molecule has 0 aliphatic heterocycles. The summed E-state index contributed by atoms with van der Waals surface area (Å²) in [6, 6.07) is 22.0. The lowest BCUT2D eigenvalue weighted by atomic mass is 10.2. The van der Waals surface area contributed by atoms with E-state index in [1.165, 1.54) is 4.68 Å². The van der Waals surface area contributed by atoms with Gasteiger partial charge in [-0.05, 0) is 36.4 Å². The molecule has 174 valence electrons. The minimum Gasteiger partial charge on any atom is -0.493 e. The van der Waals surface area contributed by atoms with Crippen LogP contribution in [0.5, 0.6) is 11.5 Å². The van der Waals surface area contributed by atoms with Gasteiger partial charge in [0, 0.05) is 11.3 Å². The molecule has 0 atom stereocenters. The molecular formula is C26H22N6O3. The number of amides is 1. The van der Waals surface area contributed by atoms with Crippen molar-refractivity contribution in [3.05, 3.63) is 83.9 Å². The Labute approximate surface area is 200 Å². The maximum Gasteiger partial charge on any atom is 0.261 e. The van der Waals surface area contributed by atoms with Gasteiger partial charge in [-0.15, -0.1) is 0 Å². The predicted octanol–water partition coefficient (Wildman–Crippen LogP) is 4.32. The van der Waals surface area contributed by atoms with Crippen LogP contribution in [-0.4, -0.2) is 41.0 Å². The molecule has 0 fully saturated rings. The van der Waals surface area contributed by atoms with Crippen molar-refractivity contribution in [3.63, 3.8) is 0 Å². The van der Waals surface area contributed by atoms with Crippen LogP contribution in [0.3, 0.4) is 0 Å². The Morgan fingerprint density at radius 1 is 0.943 bits per heavy atom. The van der Waals surface area contributed by atoms with Crippen LogP contribution >= 0.6 is 0 Å². The Bertz CT molecular complexity index is 1580. The number of rotatable bonds is 6. The topological polar surface area (TPSA) is 117 Å². The molecule has 0 aliphatic rings. The Morgan fingerprint density at radius 3 is 2.37 bits per heavy atom. The highest BCUT2D eigenvalue weighted by atomic mass is 16.5. The van der Waals surface area contributed by atoms with Crippen LogP contribution in [0.15, 0.2) is 77.9 Å². The number of benzene rings is 3. The largest absolute Gasteiger partial charge is 0.493 e. The van der Waals surface area contributed by atoms with E-state index in [-0.39, 0.29) is 11.4 Å². The van der Waals surface area contributed by atoms with E-state index >= 15 is 0 Å². The number of aromatic nitrogens is 3. The van der Waals surface area contributed by atoms with Gasteiger partial charge < -0.3 is 20.5 Å². The molecule has 2 aromatic heterocycles. The maximum atomic E-state index is 13.3. The first-order valence-corrected chi connectivity index (χ1v) is 10.8. The molecule has 0 radical (unpaired) electrons. The molecule has 0 saturated heterocycles. The summed E-state index contributed by atoms with van der Waals surface area (Å²) in [6.45, 7) is 0. The molecule has 0 spiro atoms. The van der Waals surface area contributed by atoms with Crippen molar-refractivity contribution in [2.45, 2.75) is 0 Å². The Balaban J connectivity index is 1.68. The molecule has 3 N–H and O–H groups in total. The molecular weight excluding hydrogens is 444 g/mol. The lowest BCUT2D eigenvalue weighted by molar-refractivity contribution is 0.102. The van der Waals surface area contributed by atoms with Crippen molar-refractivity contribution in [2.75, 3.05) is 25.3 Å². The Kier molecular flexibility index (Phi) is 5.72. The lowest BCUT2D eigenvalue weighted by Gasteiger charge is -2.09. The third-order valence-electron chi connectivity index (χ3n) is 5.48. The molecule has 0 unspecified atom stereocenters. The zero-order valence-corrected chi connectivity index (χ0v) is 19.1. The summed E-state index contributed by atoms with van der Waals surface area (Å²) in [5, 5.41) is 7.42. The zero-order chi connectivity index (χ0) is 24.4. The number of nitrogens with two attached hydrogens (primary N) is 1. The normalized spacial score (nSPS) is 11.3. The fourth-order valence-electron chi connectivity index (χ4n) is 3.84. The highest BCUT2D eigenvalue weighted by Crippen LogP contribution is 2.31. The maximum absolute atomic E-state index is 13.3. The molecule has 0 saturated carbocycles. The molecule has 5 aromatic rings. The van der Waals surface area contributed by atoms with Crippen molar-refractivity contribution in [1.29, 1.82) is 0 Å². The van der Waals surface area contributed by atoms with Crippen molar-refractivity contribution in [3.8, 4) is 11.5 Å². The number of methoxy groups -OCH3 is 2. The number of carbonyl (C=O) groups excluding carboxylic acids is 1. The van der Waals surface area contributed by atoms with E-state index in [1.807, 2.05) is 54.6 Å². The van der Waals surface area contributed by atoms with Gasteiger partial charge in [0.25, 0.3) is 5.91 Å². The van der Waals surface area contributed by atoms with Crippen molar-refractivity contribution in [1.82, 2.24) is 14.6 Å². The highest BCUT2D eigenvalue weighted by Gasteiger charge is 2.24. The van der Waals surface area contributed by atoms with E-state index in [2.05, 4.69) is 10.4 Å². The molecule has 2 heterocycles. The fraction of sp³-hybridized carbons (Fsp3) is 0.0769. The second kappa shape index (κ2) is 9.14. The van der Waals surface area contributed by atoms with E-state index in [0.717, 1.165) is 0 Å². The number of carbonyl (C=O) groups is 1. The molecule has 35 heavy (non-hydrogen) atoms. The highest BCUT2D eigenvalue weighted by molar-refractivity contribution is 6.16. The van der Waals surface area contributed by atoms with E-state index in [1.54, 1.807) is 38.6 Å². The van der Waals surface area contributed by atoms with Crippen LogP contribution in [-0.2, 0) is 0 Å². The summed E-state index contributed by atoms with van der Waals surface area (Å²) < 4.78 is 12.3. The van der Waals surface area contributed by atoms with Crippen LogP contribution < -0.4 is 20.5 Å². The van der Waals surface area contributed by atoms with Crippen LogP contribution in [0.2, 0.25) is 0 Å². The monoisotopic (exact) mass is 466 g/mol. The van der Waals surface area contributed by atoms with Gasteiger partial charge in [0.15, 0.2) is 17.1 Å². The molecule has 1 amide bonds. The van der Waals surface area contributed by atoms with Gasteiger partial charge in [0.05, 0.1) is 31.5 Å². The number of fused-ring (bicyclic) bond motifs is 2. The average molecular weight is 467 g/mol. The number of nitrogen functional groups attached to an aromatic ring is 1. The number of nitrogens with one attached hydrogen (secondary N) is 1. The summed E-state index contributed by atoms with van der Waals surface area (Å²) in [4.78, 5) is 22.7. The number of nitrogens with zero attached hydrogens (tertiary/aromatic N) is 4. The first kappa shape index (κ1) is 21.9. The number of hydrogen-bond acceptors (Lipinski definition) is 7. The second-order valence-electron chi connectivity index (χ2n) is 7.60. The van der Waals surface area contributed by atoms with Crippen LogP contribution in [0.1, 0.15) is 15.9 Å². The number of ether oxygens (including phenoxy) is 2. The number of anilines is 2. The number of hydrogen-bond donors (Lipinski definition) is 2. The zero-order valence-electron chi connectivity index (χ0n) is 19.1. The van der Waals surface area contributed by atoms with E-state index < -0.39 is 5.91 Å². The lowest BCUT2D eigenvalue weighted by Crippen LogP contribution is -2.14. The minimum atomic E-state index is -0.406. The molecule has 3 aromatic carbocycles.